The highest BCUT2D eigenvalue weighted by Gasteiger charge is 2.05. The highest BCUT2D eigenvalue weighted by molar-refractivity contribution is 5.59. The van der Waals surface area contributed by atoms with Gasteiger partial charge in [0.2, 0.25) is 0 Å². The van der Waals surface area contributed by atoms with Crippen LogP contribution in [0.4, 0.5) is 4.39 Å². The highest BCUT2D eigenvalue weighted by Crippen LogP contribution is 2.19. The molecule has 0 amide bonds. The van der Waals surface area contributed by atoms with Crippen molar-refractivity contribution in [2.45, 2.75) is 6.54 Å². The van der Waals surface area contributed by atoms with Gasteiger partial charge in [-0.15, -0.1) is 0 Å². The van der Waals surface area contributed by atoms with Gasteiger partial charge in [-0.25, -0.2) is 4.39 Å². The summed E-state index contributed by atoms with van der Waals surface area (Å²) in [5, 5.41) is 4.33. The van der Waals surface area contributed by atoms with Gasteiger partial charge in [-0.05, 0) is 29.3 Å². The van der Waals surface area contributed by atoms with Crippen LogP contribution in [0.25, 0.3) is 11.3 Å². The average molecular weight is 252 g/mol. The summed E-state index contributed by atoms with van der Waals surface area (Å²) < 4.78 is 14.8. The van der Waals surface area contributed by atoms with E-state index in [4.69, 9.17) is 0 Å². The van der Waals surface area contributed by atoms with Crippen LogP contribution in [0.2, 0.25) is 0 Å². The first-order chi connectivity index (χ1) is 9.33. The van der Waals surface area contributed by atoms with Crippen LogP contribution in [-0.4, -0.2) is 9.78 Å². The molecule has 1 heterocycles. The Bertz CT molecular complexity index is 657. The SMILES string of the molecule is Fc1ccc(Cn2nccc2-c2ccccc2)cc1. The summed E-state index contributed by atoms with van der Waals surface area (Å²) in [4.78, 5) is 0. The molecule has 0 saturated carbocycles. The van der Waals surface area contributed by atoms with E-state index < -0.39 is 0 Å². The van der Waals surface area contributed by atoms with E-state index in [1.54, 1.807) is 18.3 Å². The van der Waals surface area contributed by atoms with Gasteiger partial charge < -0.3 is 0 Å². The molecule has 0 unspecified atom stereocenters. The van der Waals surface area contributed by atoms with Gasteiger partial charge in [0.25, 0.3) is 0 Å². The van der Waals surface area contributed by atoms with Crippen LogP contribution in [0.5, 0.6) is 0 Å². The Labute approximate surface area is 111 Å². The second kappa shape index (κ2) is 5.06. The Morgan fingerprint density at radius 2 is 1.63 bits per heavy atom. The summed E-state index contributed by atoms with van der Waals surface area (Å²) in [5.74, 6) is -0.215. The summed E-state index contributed by atoms with van der Waals surface area (Å²) in [6, 6.07) is 18.6. The normalized spacial score (nSPS) is 10.6. The topological polar surface area (TPSA) is 17.8 Å². The Hall–Kier alpha value is -2.42. The fraction of sp³-hybridized carbons (Fsp3) is 0.0625. The van der Waals surface area contributed by atoms with E-state index in [9.17, 15) is 4.39 Å². The third-order valence-electron chi connectivity index (χ3n) is 3.03. The van der Waals surface area contributed by atoms with Gasteiger partial charge >= 0.3 is 0 Å². The quantitative estimate of drug-likeness (QED) is 0.694. The van der Waals surface area contributed by atoms with Crippen molar-refractivity contribution in [3.05, 3.63) is 78.2 Å². The van der Waals surface area contributed by atoms with Crippen LogP contribution in [0, 0.1) is 5.82 Å². The molecule has 0 spiro atoms. The molecule has 19 heavy (non-hydrogen) atoms. The smallest absolute Gasteiger partial charge is 0.123 e. The molecular formula is C16H13FN2. The fourth-order valence-corrected chi connectivity index (χ4v) is 2.08. The van der Waals surface area contributed by atoms with E-state index in [2.05, 4.69) is 17.2 Å². The zero-order valence-electron chi connectivity index (χ0n) is 10.3. The number of halogens is 1. The van der Waals surface area contributed by atoms with E-state index in [-0.39, 0.29) is 5.82 Å². The third kappa shape index (κ3) is 2.55. The Morgan fingerprint density at radius 1 is 0.895 bits per heavy atom. The van der Waals surface area contributed by atoms with Crippen LogP contribution < -0.4 is 0 Å². The molecule has 0 atom stereocenters. The minimum absolute atomic E-state index is 0.215. The zero-order valence-corrected chi connectivity index (χ0v) is 10.3. The van der Waals surface area contributed by atoms with Gasteiger partial charge in [-0.2, -0.15) is 5.10 Å². The molecule has 2 nitrogen and oxygen atoms in total. The number of hydrogen-bond donors (Lipinski definition) is 0. The van der Waals surface area contributed by atoms with Crippen molar-refractivity contribution in [1.29, 1.82) is 0 Å². The van der Waals surface area contributed by atoms with Crippen molar-refractivity contribution in [3.63, 3.8) is 0 Å². The molecule has 0 radical (unpaired) electrons. The second-order valence-corrected chi connectivity index (χ2v) is 4.37. The lowest BCUT2D eigenvalue weighted by molar-refractivity contribution is 0.624. The average Bonchev–Trinajstić information content (AvgIpc) is 2.90. The molecule has 1 aromatic heterocycles. The predicted octanol–water partition coefficient (Wildman–Crippen LogP) is 3.74. The monoisotopic (exact) mass is 252 g/mol. The molecule has 3 heteroatoms. The Kier molecular flexibility index (Phi) is 3.11. The molecule has 0 aliphatic rings. The number of nitrogens with zero attached hydrogens (tertiary/aromatic N) is 2. The minimum Gasteiger partial charge on any atom is -0.260 e. The van der Waals surface area contributed by atoms with Crippen LogP contribution in [0.1, 0.15) is 5.56 Å². The minimum atomic E-state index is -0.215. The summed E-state index contributed by atoms with van der Waals surface area (Å²) in [5.41, 5.74) is 3.22. The van der Waals surface area contributed by atoms with Gasteiger partial charge in [0, 0.05) is 6.20 Å². The highest BCUT2D eigenvalue weighted by atomic mass is 19.1. The summed E-state index contributed by atoms with van der Waals surface area (Å²) in [7, 11) is 0. The van der Waals surface area contributed by atoms with E-state index in [0.29, 0.717) is 6.54 Å². The van der Waals surface area contributed by atoms with Gasteiger partial charge in [0.15, 0.2) is 0 Å². The van der Waals surface area contributed by atoms with Crippen molar-refractivity contribution in [1.82, 2.24) is 9.78 Å². The van der Waals surface area contributed by atoms with Crippen molar-refractivity contribution in [3.8, 4) is 11.3 Å². The van der Waals surface area contributed by atoms with E-state index in [0.717, 1.165) is 16.8 Å². The van der Waals surface area contributed by atoms with Crippen molar-refractivity contribution in [2.75, 3.05) is 0 Å². The molecule has 3 rings (SSSR count). The predicted molar refractivity (Wildman–Crippen MR) is 73.2 cm³/mol. The molecule has 0 aliphatic heterocycles. The maximum Gasteiger partial charge on any atom is 0.123 e. The van der Waals surface area contributed by atoms with Crippen molar-refractivity contribution >= 4 is 0 Å². The second-order valence-electron chi connectivity index (χ2n) is 4.37. The van der Waals surface area contributed by atoms with Gasteiger partial charge in [-0.1, -0.05) is 42.5 Å². The maximum absolute atomic E-state index is 12.9. The maximum atomic E-state index is 12.9. The van der Waals surface area contributed by atoms with Gasteiger partial charge in [0.1, 0.15) is 5.82 Å². The van der Waals surface area contributed by atoms with E-state index >= 15 is 0 Å². The number of rotatable bonds is 3. The lowest BCUT2D eigenvalue weighted by atomic mass is 10.1. The largest absolute Gasteiger partial charge is 0.260 e. The lowest BCUT2D eigenvalue weighted by Crippen LogP contribution is -2.03. The molecular weight excluding hydrogens is 239 g/mol. The van der Waals surface area contributed by atoms with Crippen LogP contribution in [0.3, 0.4) is 0 Å². The number of aromatic nitrogens is 2. The Morgan fingerprint density at radius 3 is 2.37 bits per heavy atom. The molecule has 2 aromatic carbocycles. The van der Waals surface area contributed by atoms with Crippen LogP contribution in [0.15, 0.2) is 66.9 Å². The number of hydrogen-bond acceptors (Lipinski definition) is 1. The molecule has 0 N–H and O–H groups in total. The zero-order chi connectivity index (χ0) is 13.1. The Balaban J connectivity index is 1.91. The first kappa shape index (κ1) is 11.7. The molecule has 94 valence electrons. The van der Waals surface area contributed by atoms with E-state index in [1.807, 2.05) is 28.9 Å². The van der Waals surface area contributed by atoms with Crippen LogP contribution >= 0.6 is 0 Å². The summed E-state index contributed by atoms with van der Waals surface area (Å²) >= 11 is 0. The first-order valence-electron chi connectivity index (χ1n) is 6.14. The molecule has 0 bridgehead atoms. The van der Waals surface area contributed by atoms with Gasteiger partial charge in [0.05, 0.1) is 12.2 Å². The van der Waals surface area contributed by atoms with Crippen LogP contribution in [-0.2, 0) is 6.54 Å². The summed E-state index contributed by atoms with van der Waals surface area (Å²) in [6.45, 7) is 0.636. The first-order valence-corrected chi connectivity index (χ1v) is 6.14. The summed E-state index contributed by atoms with van der Waals surface area (Å²) in [6.07, 6.45) is 1.78. The molecule has 0 saturated heterocycles. The molecule has 3 aromatic rings. The fourth-order valence-electron chi connectivity index (χ4n) is 2.08. The van der Waals surface area contributed by atoms with Crippen molar-refractivity contribution in [2.24, 2.45) is 0 Å². The molecule has 0 fully saturated rings. The van der Waals surface area contributed by atoms with Crippen molar-refractivity contribution < 1.29 is 4.39 Å². The third-order valence-corrected chi connectivity index (χ3v) is 3.03. The lowest BCUT2D eigenvalue weighted by Gasteiger charge is -2.07. The van der Waals surface area contributed by atoms with E-state index in [1.165, 1.54) is 12.1 Å². The molecule has 0 aliphatic carbocycles. The number of benzene rings is 2. The standard InChI is InChI=1S/C16H13FN2/c17-15-8-6-13(7-9-15)12-19-16(10-11-18-19)14-4-2-1-3-5-14/h1-11H,12H2. The van der Waals surface area contributed by atoms with Gasteiger partial charge in [-0.3, -0.25) is 4.68 Å².